The Balaban J connectivity index is 2.75. The molecule has 1 atom stereocenters. The van der Waals surface area contributed by atoms with Crippen LogP contribution in [0.5, 0.6) is 0 Å². The molecule has 0 saturated heterocycles. The third kappa shape index (κ3) is 5.25. The number of aromatic amines is 1. The molecule has 1 unspecified atom stereocenters. The highest BCUT2D eigenvalue weighted by molar-refractivity contribution is 5.87. The smallest absolute Gasteiger partial charge is 0.328 e. The van der Waals surface area contributed by atoms with E-state index in [1.165, 1.54) is 13.2 Å². The second-order valence-corrected chi connectivity index (χ2v) is 5.10. The van der Waals surface area contributed by atoms with Gasteiger partial charge >= 0.3 is 5.69 Å². The molecule has 1 aromatic rings. The number of carbonyl (C=O) groups excluding carboxylic acids is 2. The van der Waals surface area contributed by atoms with Crippen LogP contribution in [0.25, 0.3) is 0 Å². The molecule has 1 rings (SSSR count). The summed E-state index contributed by atoms with van der Waals surface area (Å²) in [6.45, 7) is 3.62. The van der Waals surface area contributed by atoms with Crippen molar-refractivity contribution in [2.75, 3.05) is 7.05 Å². The summed E-state index contributed by atoms with van der Waals surface area (Å²) in [6, 6.07) is 0.500. The molecule has 0 bridgehead atoms. The predicted molar refractivity (Wildman–Crippen MR) is 76.8 cm³/mol. The normalized spacial score (nSPS) is 12.0. The van der Waals surface area contributed by atoms with E-state index in [0.29, 0.717) is 6.42 Å². The van der Waals surface area contributed by atoms with Gasteiger partial charge in [0.05, 0.1) is 0 Å². The summed E-state index contributed by atoms with van der Waals surface area (Å²) in [5.41, 5.74) is -1.20. The lowest BCUT2D eigenvalue weighted by molar-refractivity contribution is -0.129. The van der Waals surface area contributed by atoms with Gasteiger partial charge in [-0.15, -0.1) is 0 Å². The first-order valence-corrected chi connectivity index (χ1v) is 6.64. The van der Waals surface area contributed by atoms with E-state index < -0.39 is 23.2 Å². The average molecular weight is 296 g/mol. The van der Waals surface area contributed by atoms with Crippen molar-refractivity contribution in [3.63, 3.8) is 0 Å². The number of nitrogens with zero attached hydrogens (tertiary/aromatic N) is 1. The van der Waals surface area contributed by atoms with Crippen LogP contribution in [-0.2, 0) is 16.1 Å². The van der Waals surface area contributed by atoms with Crippen LogP contribution in [0.4, 0.5) is 0 Å². The van der Waals surface area contributed by atoms with E-state index in [2.05, 4.69) is 15.6 Å². The van der Waals surface area contributed by atoms with E-state index in [1.54, 1.807) is 0 Å². The number of hydrogen-bond donors (Lipinski definition) is 3. The lowest BCUT2D eigenvalue weighted by Crippen LogP contribution is -2.48. The molecule has 1 heterocycles. The fraction of sp³-hybridized carbons (Fsp3) is 0.538. The Hall–Kier alpha value is -2.38. The van der Waals surface area contributed by atoms with Crippen molar-refractivity contribution >= 4 is 11.8 Å². The van der Waals surface area contributed by atoms with Crippen LogP contribution in [0.15, 0.2) is 21.9 Å². The molecule has 0 aromatic carbocycles. The molecule has 0 aliphatic rings. The highest BCUT2D eigenvalue weighted by Gasteiger charge is 2.20. The van der Waals surface area contributed by atoms with Crippen LogP contribution < -0.4 is 21.9 Å². The molecule has 0 fully saturated rings. The fourth-order valence-electron chi connectivity index (χ4n) is 1.84. The molecule has 0 spiro atoms. The zero-order valence-corrected chi connectivity index (χ0v) is 12.3. The SMILES string of the molecule is CNC(=O)C(CC(C)C)NC(=O)Cn1ccc(=O)[nH]c1=O. The Bertz CT molecular complexity index is 617. The van der Waals surface area contributed by atoms with Crippen molar-refractivity contribution in [1.82, 2.24) is 20.2 Å². The summed E-state index contributed by atoms with van der Waals surface area (Å²) in [5.74, 6) is -0.535. The summed E-state index contributed by atoms with van der Waals surface area (Å²) >= 11 is 0. The van der Waals surface area contributed by atoms with Crippen LogP contribution in [0.2, 0.25) is 0 Å². The maximum absolute atomic E-state index is 11.9. The number of carbonyl (C=O) groups is 2. The molecule has 2 amide bonds. The van der Waals surface area contributed by atoms with Gasteiger partial charge in [0.25, 0.3) is 5.56 Å². The van der Waals surface area contributed by atoms with Gasteiger partial charge in [-0.25, -0.2) is 4.79 Å². The van der Waals surface area contributed by atoms with Crippen LogP contribution in [0.1, 0.15) is 20.3 Å². The monoisotopic (exact) mass is 296 g/mol. The first-order valence-electron chi connectivity index (χ1n) is 6.64. The van der Waals surface area contributed by atoms with Crippen molar-refractivity contribution in [1.29, 1.82) is 0 Å². The molecular weight excluding hydrogens is 276 g/mol. The van der Waals surface area contributed by atoms with E-state index in [-0.39, 0.29) is 18.4 Å². The second kappa shape index (κ2) is 7.41. The van der Waals surface area contributed by atoms with Gasteiger partial charge in [0.15, 0.2) is 0 Å². The van der Waals surface area contributed by atoms with Gasteiger partial charge in [0, 0.05) is 19.3 Å². The van der Waals surface area contributed by atoms with Gasteiger partial charge in [-0.2, -0.15) is 0 Å². The van der Waals surface area contributed by atoms with Gasteiger partial charge in [0.1, 0.15) is 12.6 Å². The number of nitrogens with one attached hydrogen (secondary N) is 3. The summed E-state index contributed by atoms with van der Waals surface area (Å²) in [6.07, 6.45) is 1.73. The molecule has 8 nitrogen and oxygen atoms in total. The van der Waals surface area contributed by atoms with Crippen molar-refractivity contribution < 1.29 is 9.59 Å². The molecule has 21 heavy (non-hydrogen) atoms. The first kappa shape index (κ1) is 16.7. The molecule has 3 N–H and O–H groups in total. The number of rotatable bonds is 6. The van der Waals surface area contributed by atoms with E-state index in [4.69, 9.17) is 0 Å². The first-order chi connectivity index (χ1) is 9.83. The number of H-pyrrole nitrogens is 1. The van der Waals surface area contributed by atoms with E-state index in [1.807, 2.05) is 13.8 Å². The van der Waals surface area contributed by atoms with Gasteiger partial charge in [-0.05, 0) is 12.3 Å². The summed E-state index contributed by atoms with van der Waals surface area (Å²) in [5, 5.41) is 5.08. The van der Waals surface area contributed by atoms with E-state index in [0.717, 1.165) is 10.6 Å². The minimum Gasteiger partial charge on any atom is -0.357 e. The van der Waals surface area contributed by atoms with Gasteiger partial charge in [-0.1, -0.05) is 13.8 Å². The lowest BCUT2D eigenvalue weighted by Gasteiger charge is -2.19. The highest BCUT2D eigenvalue weighted by atomic mass is 16.2. The minimum absolute atomic E-state index is 0.225. The minimum atomic E-state index is -0.669. The molecule has 0 radical (unpaired) electrons. The van der Waals surface area contributed by atoms with Crippen LogP contribution in [0.3, 0.4) is 0 Å². The third-order valence-electron chi connectivity index (χ3n) is 2.82. The Morgan fingerprint density at radius 2 is 2.00 bits per heavy atom. The molecule has 116 valence electrons. The lowest BCUT2D eigenvalue weighted by atomic mass is 10.0. The van der Waals surface area contributed by atoms with Gasteiger partial charge < -0.3 is 10.6 Å². The van der Waals surface area contributed by atoms with E-state index >= 15 is 0 Å². The molecule has 0 aliphatic heterocycles. The van der Waals surface area contributed by atoms with Crippen molar-refractivity contribution in [3.05, 3.63) is 33.1 Å². The van der Waals surface area contributed by atoms with Gasteiger partial charge in [-0.3, -0.25) is 23.9 Å². The van der Waals surface area contributed by atoms with Crippen LogP contribution in [0, 0.1) is 5.92 Å². The molecular formula is C13H20N4O4. The Morgan fingerprint density at radius 3 is 2.52 bits per heavy atom. The topological polar surface area (TPSA) is 113 Å². The van der Waals surface area contributed by atoms with Crippen molar-refractivity contribution in [2.45, 2.75) is 32.9 Å². The second-order valence-electron chi connectivity index (χ2n) is 5.10. The zero-order valence-electron chi connectivity index (χ0n) is 12.3. The predicted octanol–water partition coefficient (Wildman–Crippen LogP) is -1.19. The maximum Gasteiger partial charge on any atom is 0.328 e. The van der Waals surface area contributed by atoms with E-state index in [9.17, 15) is 19.2 Å². The molecule has 8 heteroatoms. The Morgan fingerprint density at radius 1 is 1.33 bits per heavy atom. The maximum atomic E-state index is 11.9. The molecule has 1 aromatic heterocycles. The molecule has 0 saturated carbocycles. The third-order valence-corrected chi connectivity index (χ3v) is 2.82. The zero-order chi connectivity index (χ0) is 16.0. The average Bonchev–Trinajstić information content (AvgIpc) is 2.39. The fourth-order valence-corrected chi connectivity index (χ4v) is 1.84. The number of hydrogen-bond acceptors (Lipinski definition) is 4. The summed E-state index contributed by atoms with van der Waals surface area (Å²) < 4.78 is 1.06. The Kier molecular flexibility index (Phi) is 5.89. The largest absolute Gasteiger partial charge is 0.357 e. The Labute approximate surface area is 121 Å². The van der Waals surface area contributed by atoms with Crippen molar-refractivity contribution in [2.24, 2.45) is 5.92 Å². The number of amides is 2. The van der Waals surface area contributed by atoms with Crippen LogP contribution in [-0.4, -0.2) is 34.5 Å². The number of aromatic nitrogens is 2. The van der Waals surface area contributed by atoms with Crippen molar-refractivity contribution in [3.8, 4) is 0 Å². The highest BCUT2D eigenvalue weighted by Crippen LogP contribution is 2.04. The number of likely N-dealkylation sites (N-methyl/N-ethyl adjacent to an activating group) is 1. The quantitative estimate of drug-likeness (QED) is 0.613. The summed E-state index contributed by atoms with van der Waals surface area (Å²) in [7, 11) is 1.49. The van der Waals surface area contributed by atoms with Gasteiger partial charge in [0.2, 0.25) is 11.8 Å². The standard InChI is InChI=1S/C13H20N4O4/c1-8(2)6-9(12(20)14-3)15-11(19)7-17-5-4-10(18)16-13(17)21/h4-5,8-9H,6-7H2,1-3H3,(H,14,20)(H,15,19)(H,16,18,21). The summed E-state index contributed by atoms with van der Waals surface area (Å²) in [4.78, 5) is 48.1. The van der Waals surface area contributed by atoms with Crippen LogP contribution >= 0.6 is 0 Å². The molecule has 0 aliphatic carbocycles.